The molecule has 0 saturated carbocycles. The first-order valence-corrected chi connectivity index (χ1v) is 6.50. The number of hydrogen-bond donors (Lipinski definition) is 1. The number of allylic oxidation sites excluding steroid dienone is 1. The summed E-state index contributed by atoms with van der Waals surface area (Å²) in [6.07, 6.45) is -0.0769. The largest absolute Gasteiger partial charge is 0.504 e. The van der Waals surface area contributed by atoms with E-state index in [0.717, 1.165) is 5.57 Å². The fourth-order valence-electron chi connectivity index (χ4n) is 2.62. The zero-order valence-electron chi connectivity index (χ0n) is 11.7. The Morgan fingerprint density at radius 3 is 2.71 bits per heavy atom. The molecule has 0 bridgehead atoms. The highest BCUT2D eigenvalue weighted by molar-refractivity contribution is 6.27. The zero-order valence-corrected chi connectivity index (χ0v) is 11.7. The first-order valence-electron chi connectivity index (χ1n) is 6.50. The summed E-state index contributed by atoms with van der Waals surface area (Å²) < 4.78 is 10.5. The molecule has 1 aromatic rings. The lowest BCUT2D eigenvalue weighted by atomic mass is 9.86. The lowest BCUT2D eigenvalue weighted by molar-refractivity contribution is 0.0875. The summed E-state index contributed by atoms with van der Waals surface area (Å²) in [5, 5.41) is 10.1. The van der Waals surface area contributed by atoms with Gasteiger partial charge in [0.2, 0.25) is 5.78 Å². The molecule has 0 amide bonds. The van der Waals surface area contributed by atoms with Crippen LogP contribution in [0.2, 0.25) is 0 Å². The molecule has 0 fully saturated rings. The maximum absolute atomic E-state index is 12.6. The third-order valence-electron chi connectivity index (χ3n) is 3.79. The van der Waals surface area contributed by atoms with Crippen molar-refractivity contribution in [3.63, 3.8) is 0 Å². The Hall–Kier alpha value is -2.56. The molecule has 1 unspecified atom stereocenters. The van der Waals surface area contributed by atoms with Crippen LogP contribution in [-0.2, 0) is 4.74 Å². The number of rotatable bonds is 2. The van der Waals surface area contributed by atoms with E-state index in [9.17, 15) is 14.7 Å². The van der Waals surface area contributed by atoms with Gasteiger partial charge < -0.3 is 14.6 Å². The van der Waals surface area contributed by atoms with E-state index in [1.165, 1.54) is 19.2 Å². The summed E-state index contributed by atoms with van der Waals surface area (Å²) in [5.41, 5.74) is 1.17. The number of ether oxygens (including phenoxy) is 2. The van der Waals surface area contributed by atoms with Crippen LogP contribution in [0.15, 0.2) is 35.6 Å². The maximum atomic E-state index is 12.6. The van der Waals surface area contributed by atoms with Crippen molar-refractivity contribution < 1.29 is 24.2 Å². The van der Waals surface area contributed by atoms with Gasteiger partial charge in [-0.15, -0.1) is 0 Å². The standard InChI is InChI=1S/C16H14O5/c1-7(2)11-6-9-13(17)12-8(14(18)16(9)21-11)4-5-10(20-3)15(12)19/h4-5,11,19H,1,6H2,2-3H3. The van der Waals surface area contributed by atoms with Gasteiger partial charge in [-0.3, -0.25) is 9.59 Å². The zero-order chi connectivity index (χ0) is 15.3. The van der Waals surface area contributed by atoms with Gasteiger partial charge in [0.05, 0.1) is 18.2 Å². The number of phenolic OH excluding ortho intramolecular Hbond substituents is 1. The molecular weight excluding hydrogens is 272 g/mol. The minimum atomic E-state index is -0.389. The van der Waals surface area contributed by atoms with E-state index in [0.29, 0.717) is 12.0 Å². The van der Waals surface area contributed by atoms with Crippen molar-refractivity contribution in [2.75, 3.05) is 7.11 Å². The highest BCUT2D eigenvalue weighted by Crippen LogP contribution is 2.42. The Morgan fingerprint density at radius 1 is 1.38 bits per heavy atom. The molecule has 21 heavy (non-hydrogen) atoms. The molecule has 0 aromatic heterocycles. The number of Topliss-reactive ketones (excluding diaryl/α,β-unsaturated/α-hetero) is 2. The lowest BCUT2D eigenvalue weighted by Gasteiger charge is -2.17. The average molecular weight is 286 g/mol. The van der Waals surface area contributed by atoms with Crippen molar-refractivity contribution in [3.8, 4) is 11.5 Å². The van der Waals surface area contributed by atoms with Crippen LogP contribution in [0.1, 0.15) is 34.1 Å². The number of fused-ring (bicyclic) bond motifs is 1. The Labute approximate surface area is 121 Å². The molecule has 1 aliphatic heterocycles. The summed E-state index contributed by atoms with van der Waals surface area (Å²) >= 11 is 0. The van der Waals surface area contributed by atoms with E-state index >= 15 is 0 Å². The second-order valence-electron chi connectivity index (χ2n) is 5.16. The van der Waals surface area contributed by atoms with Gasteiger partial charge in [-0.25, -0.2) is 0 Å². The fraction of sp³-hybridized carbons (Fsp3) is 0.250. The van der Waals surface area contributed by atoms with Crippen molar-refractivity contribution in [3.05, 3.63) is 46.7 Å². The molecule has 108 valence electrons. The fourth-order valence-corrected chi connectivity index (χ4v) is 2.62. The molecule has 5 nitrogen and oxygen atoms in total. The number of carbonyl (C=O) groups is 2. The molecule has 1 N–H and O–H groups in total. The van der Waals surface area contributed by atoms with E-state index in [1.54, 1.807) is 6.92 Å². The minimum Gasteiger partial charge on any atom is -0.504 e. The van der Waals surface area contributed by atoms with Crippen LogP contribution in [0, 0.1) is 0 Å². The number of carbonyl (C=O) groups excluding carboxylic acids is 2. The lowest BCUT2D eigenvalue weighted by Crippen LogP contribution is -2.20. The summed E-state index contributed by atoms with van der Waals surface area (Å²) in [5.74, 6) is -0.848. The summed E-state index contributed by atoms with van der Waals surface area (Å²) in [6, 6.07) is 2.92. The van der Waals surface area contributed by atoms with Crippen LogP contribution in [-0.4, -0.2) is 29.9 Å². The summed E-state index contributed by atoms with van der Waals surface area (Å²) in [4.78, 5) is 25.0. The van der Waals surface area contributed by atoms with E-state index in [4.69, 9.17) is 9.47 Å². The Bertz CT molecular complexity index is 726. The molecule has 1 heterocycles. The van der Waals surface area contributed by atoms with Gasteiger partial charge in [0.1, 0.15) is 6.10 Å². The van der Waals surface area contributed by atoms with Gasteiger partial charge in [0.25, 0.3) is 0 Å². The van der Waals surface area contributed by atoms with Gasteiger partial charge in [-0.05, 0) is 24.6 Å². The molecule has 3 rings (SSSR count). The predicted molar refractivity (Wildman–Crippen MR) is 74.6 cm³/mol. The van der Waals surface area contributed by atoms with Crippen LogP contribution in [0.4, 0.5) is 0 Å². The monoisotopic (exact) mass is 286 g/mol. The van der Waals surface area contributed by atoms with Crippen LogP contribution in [0.25, 0.3) is 0 Å². The number of phenols is 1. The Morgan fingerprint density at radius 2 is 2.10 bits per heavy atom. The molecule has 2 aliphatic rings. The number of methoxy groups -OCH3 is 1. The normalized spacial score (nSPS) is 20.0. The number of aromatic hydroxyl groups is 1. The SMILES string of the molecule is C=C(C)C1CC2=C(O1)C(=O)c1ccc(OC)c(O)c1C2=O. The Kier molecular flexibility index (Phi) is 2.86. The van der Waals surface area contributed by atoms with E-state index < -0.39 is 0 Å². The summed E-state index contributed by atoms with van der Waals surface area (Å²) in [7, 11) is 1.39. The first kappa shape index (κ1) is 13.4. The molecular formula is C16H14O5. The van der Waals surface area contributed by atoms with Crippen molar-refractivity contribution in [1.82, 2.24) is 0 Å². The first-order chi connectivity index (χ1) is 9.95. The quantitative estimate of drug-likeness (QED) is 0.845. The maximum Gasteiger partial charge on any atom is 0.228 e. The van der Waals surface area contributed by atoms with Crippen molar-refractivity contribution in [2.45, 2.75) is 19.4 Å². The van der Waals surface area contributed by atoms with Crippen LogP contribution in [0.5, 0.6) is 11.5 Å². The second kappa shape index (κ2) is 4.48. The van der Waals surface area contributed by atoms with Gasteiger partial charge in [0.15, 0.2) is 23.0 Å². The third-order valence-corrected chi connectivity index (χ3v) is 3.79. The van der Waals surface area contributed by atoms with Gasteiger partial charge >= 0.3 is 0 Å². The van der Waals surface area contributed by atoms with Crippen LogP contribution < -0.4 is 4.74 Å². The van der Waals surface area contributed by atoms with Gasteiger partial charge in [-0.2, -0.15) is 0 Å². The van der Waals surface area contributed by atoms with Crippen LogP contribution >= 0.6 is 0 Å². The van der Waals surface area contributed by atoms with E-state index in [1.807, 2.05) is 0 Å². The molecule has 0 saturated heterocycles. The van der Waals surface area contributed by atoms with Crippen molar-refractivity contribution >= 4 is 11.6 Å². The third kappa shape index (κ3) is 1.77. The summed E-state index contributed by atoms with van der Waals surface area (Å²) in [6.45, 7) is 5.58. The predicted octanol–water partition coefficient (Wildman–Crippen LogP) is 2.40. The average Bonchev–Trinajstić information content (AvgIpc) is 2.90. The molecule has 0 spiro atoms. The number of hydrogen-bond acceptors (Lipinski definition) is 5. The molecule has 1 atom stereocenters. The molecule has 1 aliphatic carbocycles. The second-order valence-corrected chi connectivity index (χ2v) is 5.16. The van der Waals surface area contributed by atoms with Crippen molar-refractivity contribution in [1.29, 1.82) is 0 Å². The van der Waals surface area contributed by atoms with Gasteiger partial charge in [0, 0.05) is 12.0 Å². The number of ketones is 2. The van der Waals surface area contributed by atoms with E-state index in [-0.39, 0.29) is 46.1 Å². The van der Waals surface area contributed by atoms with Crippen molar-refractivity contribution in [2.24, 2.45) is 0 Å². The minimum absolute atomic E-state index is 0.0101. The smallest absolute Gasteiger partial charge is 0.228 e. The van der Waals surface area contributed by atoms with E-state index in [2.05, 4.69) is 6.58 Å². The topological polar surface area (TPSA) is 72.8 Å². The van der Waals surface area contributed by atoms with Crippen LogP contribution in [0.3, 0.4) is 0 Å². The molecule has 0 radical (unpaired) electrons. The number of benzene rings is 1. The highest BCUT2D eigenvalue weighted by atomic mass is 16.5. The molecule has 1 aromatic carbocycles. The Balaban J connectivity index is 2.13. The highest BCUT2D eigenvalue weighted by Gasteiger charge is 2.42. The van der Waals surface area contributed by atoms with Gasteiger partial charge in [-0.1, -0.05) is 6.58 Å². The molecule has 5 heteroatoms.